The summed E-state index contributed by atoms with van der Waals surface area (Å²) in [6.07, 6.45) is 0. The van der Waals surface area contributed by atoms with Gasteiger partial charge < -0.3 is 19.8 Å². The van der Waals surface area contributed by atoms with Gasteiger partial charge in [-0.3, -0.25) is 9.59 Å². The number of hydrogen-bond acceptors (Lipinski definition) is 5. The number of aromatic hydroxyl groups is 1. The number of carbonyl (C=O) groups is 2. The SMILES string of the molecule is COc1ccc(/C(O)=C2/C(=O)C(=O)N(Cc3ccc(F)cc3)C2c2ccc(O)cc2)cc1Cl. The van der Waals surface area contributed by atoms with Gasteiger partial charge in [0.2, 0.25) is 0 Å². The van der Waals surface area contributed by atoms with Gasteiger partial charge in [-0.1, -0.05) is 35.9 Å². The van der Waals surface area contributed by atoms with Crippen LogP contribution in [0, 0.1) is 5.82 Å². The Bertz CT molecular complexity index is 1250. The lowest BCUT2D eigenvalue weighted by molar-refractivity contribution is -0.140. The average molecular weight is 468 g/mol. The number of halogens is 2. The van der Waals surface area contributed by atoms with E-state index < -0.39 is 29.3 Å². The van der Waals surface area contributed by atoms with Crippen LogP contribution in [-0.4, -0.2) is 33.9 Å². The fourth-order valence-corrected chi connectivity index (χ4v) is 4.06. The van der Waals surface area contributed by atoms with Crippen LogP contribution in [-0.2, 0) is 16.1 Å². The van der Waals surface area contributed by atoms with Crippen molar-refractivity contribution in [2.24, 2.45) is 0 Å². The number of phenols is 1. The lowest BCUT2D eigenvalue weighted by atomic mass is 9.95. The predicted molar refractivity (Wildman–Crippen MR) is 120 cm³/mol. The molecule has 0 aromatic heterocycles. The number of benzene rings is 3. The van der Waals surface area contributed by atoms with Crippen LogP contribution in [0.4, 0.5) is 4.39 Å². The van der Waals surface area contributed by atoms with Crippen molar-refractivity contribution in [3.63, 3.8) is 0 Å². The standard InChI is InChI=1S/C25H19ClFNO5/c1-33-20-11-6-16(12-19(20)26)23(30)21-22(15-4-9-18(29)10-5-15)28(25(32)24(21)31)13-14-2-7-17(27)8-3-14/h2-12,22,29-30H,13H2,1H3/b23-21-. The predicted octanol–water partition coefficient (Wildman–Crippen LogP) is 4.82. The number of amides is 1. The maximum absolute atomic E-state index is 13.3. The van der Waals surface area contributed by atoms with Gasteiger partial charge in [0.1, 0.15) is 23.1 Å². The van der Waals surface area contributed by atoms with Gasteiger partial charge in [0.05, 0.1) is 23.7 Å². The van der Waals surface area contributed by atoms with E-state index in [1.54, 1.807) is 18.2 Å². The Morgan fingerprint density at radius 3 is 2.33 bits per heavy atom. The summed E-state index contributed by atoms with van der Waals surface area (Å²) in [6.45, 7) is 0.0105. The van der Waals surface area contributed by atoms with E-state index in [-0.39, 0.29) is 28.5 Å². The lowest BCUT2D eigenvalue weighted by Crippen LogP contribution is -2.29. The molecule has 0 bridgehead atoms. The molecule has 33 heavy (non-hydrogen) atoms. The van der Waals surface area contributed by atoms with Crippen molar-refractivity contribution >= 4 is 29.1 Å². The fourth-order valence-electron chi connectivity index (χ4n) is 3.80. The first-order valence-corrected chi connectivity index (χ1v) is 10.3. The monoisotopic (exact) mass is 467 g/mol. The molecule has 8 heteroatoms. The van der Waals surface area contributed by atoms with Gasteiger partial charge >= 0.3 is 0 Å². The zero-order valence-corrected chi connectivity index (χ0v) is 18.2. The molecule has 1 saturated heterocycles. The molecule has 3 aromatic rings. The number of hydrogen-bond donors (Lipinski definition) is 2. The summed E-state index contributed by atoms with van der Waals surface area (Å²) in [5.74, 6) is -2.08. The highest BCUT2D eigenvalue weighted by Crippen LogP contribution is 2.41. The highest BCUT2D eigenvalue weighted by Gasteiger charge is 2.46. The zero-order valence-electron chi connectivity index (χ0n) is 17.5. The summed E-state index contributed by atoms with van der Waals surface area (Å²) in [4.78, 5) is 27.4. The van der Waals surface area contributed by atoms with E-state index in [0.717, 1.165) is 0 Å². The van der Waals surface area contributed by atoms with Crippen molar-refractivity contribution in [3.8, 4) is 11.5 Å². The number of Topliss-reactive ketones (excluding diaryl/α,β-unsaturated/α-hetero) is 1. The average Bonchev–Trinajstić information content (AvgIpc) is 3.05. The molecule has 1 aliphatic rings. The smallest absolute Gasteiger partial charge is 0.295 e. The Labute approximate surface area is 194 Å². The normalized spacial score (nSPS) is 17.4. The van der Waals surface area contributed by atoms with E-state index >= 15 is 0 Å². The quantitative estimate of drug-likeness (QED) is 0.319. The molecule has 0 spiro atoms. The second-order valence-corrected chi connectivity index (χ2v) is 7.90. The van der Waals surface area contributed by atoms with Crippen molar-refractivity contribution < 1.29 is 28.9 Å². The molecular formula is C25H19ClFNO5. The van der Waals surface area contributed by atoms with Gasteiger partial charge in [0.15, 0.2) is 0 Å². The van der Waals surface area contributed by atoms with Crippen LogP contribution in [0.5, 0.6) is 11.5 Å². The number of aliphatic hydroxyl groups excluding tert-OH is 1. The van der Waals surface area contributed by atoms with Crippen molar-refractivity contribution in [1.29, 1.82) is 0 Å². The summed E-state index contributed by atoms with van der Waals surface area (Å²) in [6, 6.07) is 15.1. The summed E-state index contributed by atoms with van der Waals surface area (Å²) in [5.41, 5.74) is 1.24. The minimum absolute atomic E-state index is 0.0103. The molecular weight excluding hydrogens is 449 g/mol. The van der Waals surface area contributed by atoms with Crippen molar-refractivity contribution in [2.45, 2.75) is 12.6 Å². The first kappa shape index (κ1) is 22.4. The summed E-state index contributed by atoms with van der Waals surface area (Å²) in [7, 11) is 1.45. The number of methoxy groups -OCH3 is 1. The molecule has 4 rings (SSSR count). The molecule has 0 radical (unpaired) electrons. The Kier molecular flexibility index (Phi) is 6.07. The van der Waals surface area contributed by atoms with E-state index in [2.05, 4.69) is 0 Å². The zero-order chi connectivity index (χ0) is 23.7. The van der Waals surface area contributed by atoms with Gasteiger partial charge in [-0.05, 0) is 53.6 Å². The molecule has 3 aromatic carbocycles. The van der Waals surface area contributed by atoms with Gasteiger partial charge in [0.25, 0.3) is 11.7 Å². The van der Waals surface area contributed by atoms with E-state index in [1.165, 1.54) is 60.5 Å². The number of phenolic OH excluding ortho intramolecular Hbond substituents is 1. The highest BCUT2D eigenvalue weighted by atomic mass is 35.5. The largest absolute Gasteiger partial charge is 0.508 e. The molecule has 1 unspecified atom stereocenters. The first-order valence-electron chi connectivity index (χ1n) is 9.96. The number of nitrogens with zero attached hydrogens (tertiary/aromatic N) is 1. The molecule has 1 atom stereocenters. The number of ketones is 1. The molecule has 6 nitrogen and oxygen atoms in total. The molecule has 2 N–H and O–H groups in total. The number of ether oxygens (including phenoxy) is 1. The molecule has 1 amide bonds. The molecule has 0 aliphatic carbocycles. The third-order valence-electron chi connectivity index (χ3n) is 5.44. The highest BCUT2D eigenvalue weighted by molar-refractivity contribution is 6.46. The minimum Gasteiger partial charge on any atom is -0.508 e. The maximum Gasteiger partial charge on any atom is 0.295 e. The molecule has 1 fully saturated rings. The van der Waals surface area contributed by atoms with Crippen molar-refractivity contribution in [1.82, 2.24) is 4.90 Å². The van der Waals surface area contributed by atoms with Crippen LogP contribution in [0.2, 0.25) is 5.02 Å². The Balaban J connectivity index is 1.85. The molecule has 1 aliphatic heterocycles. The lowest BCUT2D eigenvalue weighted by Gasteiger charge is -2.25. The Morgan fingerprint density at radius 1 is 1.06 bits per heavy atom. The van der Waals surface area contributed by atoms with Crippen LogP contribution in [0.3, 0.4) is 0 Å². The van der Waals surface area contributed by atoms with E-state index in [1.807, 2.05) is 0 Å². The Hall–Kier alpha value is -3.84. The van der Waals surface area contributed by atoms with Crippen LogP contribution in [0.1, 0.15) is 22.7 Å². The first-order chi connectivity index (χ1) is 15.8. The van der Waals surface area contributed by atoms with Crippen LogP contribution in [0.25, 0.3) is 5.76 Å². The van der Waals surface area contributed by atoms with Crippen molar-refractivity contribution in [3.05, 3.63) is 99.8 Å². The van der Waals surface area contributed by atoms with E-state index in [4.69, 9.17) is 16.3 Å². The minimum atomic E-state index is -0.934. The van der Waals surface area contributed by atoms with Gasteiger partial charge in [-0.15, -0.1) is 0 Å². The van der Waals surface area contributed by atoms with Gasteiger partial charge in [-0.25, -0.2) is 4.39 Å². The summed E-state index contributed by atoms with van der Waals surface area (Å²) < 4.78 is 18.5. The van der Waals surface area contributed by atoms with Crippen LogP contribution < -0.4 is 4.74 Å². The number of aliphatic hydroxyl groups is 1. The summed E-state index contributed by atoms with van der Waals surface area (Å²) in [5, 5.41) is 21.0. The maximum atomic E-state index is 13.3. The number of carbonyl (C=O) groups excluding carboxylic acids is 2. The van der Waals surface area contributed by atoms with Gasteiger partial charge in [0, 0.05) is 12.1 Å². The Morgan fingerprint density at radius 2 is 1.73 bits per heavy atom. The van der Waals surface area contributed by atoms with Crippen LogP contribution >= 0.6 is 11.6 Å². The third-order valence-corrected chi connectivity index (χ3v) is 5.74. The van der Waals surface area contributed by atoms with E-state index in [0.29, 0.717) is 16.9 Å². The number of rotatable bonds is 5. The van der Waals surface area contributed by atoms with E-state index in [9.17, 15) is 24.2 Å². The number of likely N-dealkylation sites (tertiary alicyclic amines) is 1. The second kappa shape index (κ2) is 8.96. The fraction of sp³-hybridized carbons (Fsp3) is 0.120. The summed E-state index contributed by atoms with van der Waals surface area (Å²) >= 11 is 6.19. The van der Waals surface area contributed by atoms with Gasteiger partial charge in [-0.2, -0.15) is 0 Å². The van der Waals surface area contributed by atoms with Crippen LogP contribution in [0.15, 0.2) is 72.3 Å². The third kappa shape index (κ3) is 4.27. The molecule has 168 valence electrons. The molecule has 0 saturated carbocycles. The topological polar surface area (TPSA) is 87.1 Å². The second-order valence-electron chi connectivity index (χ2n) is 7.49. The molecule has 1 heterocycles. The van der Waals surface area contributed by atoms with Crippen molar-refractivity contribution in [2.75, 3.05) is 7.11 Å².